The summed E-state index contributed by atoms with van der Waals surface area (Å²) in [5, 5.41) is 16.0. The van der Waals surface area contributed by atoms with Crippen molar-refractivity contribution < 1.29 is 29.1 Å². The number of carboxylic acid groups (broad SMARTS) is 1. The second kappa shape index (κ2) is 15.5. The van der Waals surface area contributed by atoms with E-state index in [9.17, 15) is 24.0 Å². The lowest BCUT2D eigenvalue weighted by Crippen LogP contribution is -2.54. The molecule has 0 aromatic carbocycles. The smallest absolute Gasteiger partial charge is 0.326 e. The van der Waals surface area contributed by atoms with Crippen LogP contribution in [0.1, 0.15) is 32.1 Å². The monoisotopic (exact) mass is 448 g/mol. The molecular formula is C17H32N6O6S. The number of aliphatic carboxylic acids is 1. The number of carbonyl (C=O) groups is 5. The van der Waals surface area contributed by atoms with Crippen molar-refractivity contribution in [2.45, 2.75) is 50.2 Å². The molecule has 0 saturated carbocycles. The first kappa shape index (κ1) is 27.6. The number of carboxylic acids is 1. The Morgan fingerprint density at radius 2 is 1.67 bits per heavy atom. The number of hydrogen-bond donors (Lipinski definition) is 7. The number of carbonyl (C=O) groups excluding carboxylic acids is 4. The SMILES string of the molecule is CSCCC(NC(=O)CNC(=O)C(CC(N)=O)NC(=O)C(N)CCCCN)C(=O)O. The summed E-state index contributed by atoms with van der Waals surface area (Å²) in [5.74, 6) is -3.67. The van der Waals surface area contributed by atoms with Crippen LogP contribution in [-0.2, 0) is 24.0 Å². The Balaban J connectivity index is 4.75. The number of unbranched alkanes of at least 4 members (excludes halogenated alkanes) is 1. The largest absolute Gasteiger partial charge is 0.480 e. The van der Waals surface area contributed by atoms with E-state index in [1.807, 2.05) is 0 Å². The summed E-state index contributed by atoms with van der Waals surface area (Å²) >= 11 is 1.43. The van der Waals surface area contributed by atoms with Gasteiger partial charge < -0.3 is 38.3 Å². The van der Waals surface area contributed by atoms with Crippen molar-refractivity contribution in [1.29, 1.82) is 0 Å². The lowest BCUT2D eigenvalue weighted by atomic mass is 10.1. The summed E-state index contributed by atoms with van der Waals surface area (Å²) in [6, 6.07) is -3.29. The van der Waals surface area contributed by atoms with Gasteiger partial charge in [0.1, 0.15) is 12.1 Å². The molecule has 4 amide bonds. The van der Waals surface area contributed by atoms with E-state index >= 15 is 0 Å². The van der Waals surface area contributed by atoms with E-state index in [1.54, 1.807) is 6.26 Å². The van der Waals surface area contributed by atoms with Crippen LogP contribution in [0.2, 0.25) is 0 Å². The van der Waals surface area contributed by atoms with Crippen LogP contribution >= 0.6 is 11.8 Å². The molecule has 172 valence electrons. The third kappa shape index (κ3) is 12.2. The molecule has 0 heterocycles. The van der Waals surface area contributed by atoms with E-state index in [2.05, 4.69) is 16.0 Å². The predicted molar refractivity (Wildman–Crippen MR) is 112 cm³/mol. The molecule has 0 aromatic rings. The summed E-state index contributed by atoms with van der Waals surface area (Å²) in [4.78, 5) is 58.8. The summed E-state index contributed by atoms with van der Waals surface area (Å²) in [6.45, 7) is -0.0707. The quantitative estimate of drug-likeness (QED) is 0.121. The van der Waals surface area contributed by atoms with Gasteiger partial charge >= 0.3 is 5.97 Å². The molecule has 0 bridgehead atoms. The van der Waals surface area contributed by atoms with Crippen LogP contribution in [-0.4, -0.2) is 77.9 Å². The van der Waals surface area contributed by atoms with Crippen LogP contribution in [0.5, 0.6) is 0 Å². The second-order valence-electron chi connectivity index (χ2n) is 6.58. The van der Waals surface area contributed by atoms with Gasteiger partial charge in [0.25, 0.3) is 0 Å². The van der Waals surface area contributed by atoms with Crippen molar-refractivity contribution >= 4 is 41.4 Å². The number of hydrogen-bond acceptors (Lipinski definition) is 8. The van der Waals surface area contributed by atoms with Gasteiger partial charge in [0.05, 0.1) is 19.0 Å². The fourth-order valence-electron chi connectivity index (χ4n) is 2.36. The van der Waals surface area contributed by atoms with E-state index in [0.717, 1.165) is 0 Å². The van der Waals surface area contributed by atoms with E-state index < -0.39 is 60.7 Å². The molecule has 0 fully saturated rings. The lowest BCUT2D eigenvalue weighted by molar-refractivity contribution is -0.141. The maximum absolute atomic E-state index is 12.3. The van der Waals surface area contributed by atoms with Gasteiger partial charge in [-0.2, -0.15) is 11.8 Å². The fraction of sp³-hybridized carbons (Fsp3) is 0.706. The van der Waals surface area contributed by atoms with Crippen LogP contribution in [0, 0.1) is 0 Å². The minimum atomic E-state index is -1.31. The molecule has 0 aliphatic heterocycles. The number of primary amides is 1. The highest BCUT2D eigenvalue weighted by molar-refractivity contribution is 7.98. The number of nitrogens with one attached hydrogen (secondary N) is 3. The highest BCUT2D eigenvalue weighted by Crippen LogP contribution is 2.02. The second-order valence-corrected chi connectivity index (χ2v) is 7.57. The standard InChI is InChI=1S/C17H32N6O6S/c1-30-7-5-11(17(28)29)22-14(25)9-21-16(27)12(8-13(20)24)23-15(26)10(19)4-2-3-6-18/h10-12H,2-9,18-19H2,1H3,(H2,20,24)(H,21,27)(H,22,25)(H,23,26)(H,28,29). The Kier molecular flexibility index (Phi) is 14.2. The molecule has 0 aliphatic carbocycles. The Hall–Kier alpha value is -2.38. The molecule has 0 aliphatic rings. The molecule has 30 heavy (non-hydrogen) atoms. The van der Waals surface area contributed by atoms with Gasteiger partial charge in [0.2, 0.25) is 23.6 Å². The highest BCUT2D eigenvalue weighted by Gasteiger charge is 2.26. The van der Waals surface area contributed by atoms with E-state index in [-0.39, 0.29) is 6.42 Å². The van der Waals surface area contributed by atoms with Crippen LogP contribution in [0.15, 0.2) is 0 Å². The topological polar surface area (TPSA) is 220 Å². The maximum atomic E-state index is 12.3. The first-order valence-corrected chi connectivity index (χ1v) is 10.8. The summed E-state index contributed by atoms with van der Waals surface area (Å²) in [5.41, 5.74) is 16.3. The van der Waals surface area contributed by atoms with Crippen molar-refractivity contribution in [2.75, 3.05) is 25.1 Å². The third-order valence-corrected chi connectivity index (χ3v) is 4.66. The van der Waals surface area contributed by atoms with Crippen LogP contribution < -0.4 is 33.2 Å². The molecule has 0 saturated heterocycles. The van der Waals surface area contributed by atoms with Crippen LogP contribution in [0.3, 0.4) is 0 Å². The molecule has 3 atom stereocenters. The Labute approximate surface area is 179 Å². The van der Waals surface area contributed by atoms with Crippen molar-refractivity contribution in [3.05, 3.63) is 0 Å². The van der Waals surface area contributed by atoms with Gasteiger partial charge in [-0.3, -0.25) is 19.2 Å². The molecule has 10 N–H and O–H groups in total. The summed E-state index contributed by atoms with van der Waals surface area (Å²) in [7, 11) is 0. The van der Waals surface area contributed by atoms with Crippen molar-refractivity contribution in [3.63, 3.8) is 0 Å². The van der Waals surface area contributed by atoms with Gasteiger partial charge in [-0.15, -0.1) is 0 Å². The van der Waals surface area contributed by atoms with Gasteiger partial charge in [-0.25, -0.2) is 4.79 Å². The van der Waals surface area contributed by atoms with Crippen molar-refractivity contribution in [1.82, 2.24) is 16.0 Å². The lowest BCUT2D eigenvalue weighted by Gasteiger charge is -2.20. The molecule has 12 nitrogen and oxygen atoms in total. The normalized spacial score (nSPS) is 13.6. The number of thioether (sulfide) groups is 1. The van der Waals surface area contributed by atoms with Crippen molar-refractivity contribution in [2.24, 2.45) is 17.2 Å². The van der Waals surface area contributed by atoms with Gasteiger partial charge in [-0.1, -0.05) is 6.42 Å². The molecule has 0 spiro atoms. The molecule has 0 rings (SSSR count). The zero-order valence-corrected chi connectivity index (χ0v) is 17.8. The molecule has 13 heteroatoms. The molecule has 0 aromatic heterocycles. The Bertz CT molecular complexity index is 605. The summed E-state index contributed by atoms with van der Waals surface area (Å²) in [6.07, 6.45) is 3.20. The zero-order chi connectivity index (χ0) is 23.1. The molecule has 0 radical (unpaired) electrons. The average molecular weight is 449 g/mol. The third-order valence-electron chi connectivity index (χ3n) is 4.01. The number of amides is 4. The van der Waals surface area contributed by atoms with Gasteiger partial charge in [-0.05, 0) is 37.8 Å². The average Bonchev–Trinajstić information content (AvgIpc) is 2.68. The first-order chi connectivity index (χ1) is 14.1. The Morgan fingerprint density at radius 1 is 1.00 bits per heavy atom. The highest BCUT2D eigenvalue weighted by atomic mass is 32.2. The van der Waals surface area contributed by atoms with Crippen molar-refractivity contribution in [3.8, 4) is 0 Å². The van der Waals surface area contributed by atoms with Gasteiger partial charge in [0.15, 0.2) is 0 Å². The van der Waals surface area contributed by atoms with E-state index in [4.69, 9.17) is 22.3 Å². The van der Waals surface area contributed by atoms with Crippen LogP contribution in [0.4, 0.5) is 0 Å². The summed E-state index contributed by atoms with van der Waals surface area (Å²) < 4.78 is 0. The molecule has 3 unspecified atom stereocenters. The minimum absolute atomic E-state index is 0.221. The first-order valence-electron chi connectivity index (χ1n) is 9.45. The van der Waals surface area contributed by atoms with E-state index in [0.29, 0.717) is 31.6 Å². The minimum Gasteiger partial charge on any atom is -0.480 e. The van der Waals surface area contributed by atoms with Crippen LogP contribution in [0.25, 0.3) is 0 Å². The number of nitrogens with two attached hydrogens (primary N) is 3. The Morgan fingerprint density at radius 3 is 2.20 bits per heavy atom. The zero-order valence-electron chi connectivity index (χ0n) is 17.0. The number of rotatable bonds is 16. The van der Waals surface area contributed by atoms with E-state index in [1.165, 1.54) is 11.8 Å². The maximum Gasteiger partial charge on any atom is 0.326 e. The molecular weight excluding hydrogens is 416 g/mol. The fourth-order valence-corrected chi connectivity index (χ4v) is 2.83. The predicted octanol–water partition coefficient (Wildman–Crippen LogP) is -2.76. The van der Waals surface area contributed by atoms with Gasteiger partial charge in [0, 0.05) is 0 Å².